The molecule has 1 heterocycles. The van der Waals surface area contributed by atoms with E-state index in [0.717, 1.165) is 6.61 Å². The van der Waals surface area contributed by atoms with E-state index in [1.165, 1.54) is 0 Å². The van der Waals surface area contributed by atoms with Gasteiger partial charge in [0, 0.05) is 5.57 Å². The van der Waals surface area contributed by atoms with Crippen LogP contribution in [-0.2, 0) is 14.3 Å². The molecule has 0 aromatic carbocycles. The molecule has 3 nitrogen and oxygen atoms in total. The van der Waals surface area contributed by atoms with E-state index in [-0.39, 0.29) is 12.1 Å². The largest absolute Gasteiger partial charge is 0.459 e. The molecular formula is C10H16O3. The lowest BCUT2D eigenvalue weighted by Gasteiger charge is -2.03. The molecule has 0 N–H and O–H groups in total. The highest BCUT2D eigenvalue weighted by atomic mass is 16.6. The smallest absolute Gasteiger partial charge is 0.333 e. The van der Waals surface area contributed by atoms with Gasteiger partial charge in [-0.3, -0.25) is 0 Å². The van der Waals surface area contributed by atoms with E-state index < -0.39 is 0 Å². The Bertz CT molecular complexity index is 214. The molecule has 13 heavy (non-hydrogen) atoms. The molecule has 1 aliphatic heterocycles. The maximum absolute atomic E-state index is 11.3. The van der Waals surface area contributed by atoms with Gasteiger partial charge < -0.3 is 9.47 Å². The highest BCUT2D eigenvalue weighted by molar-refractivity contribution is 5.87. The number of ether oxygens (including phenoxy) is 2. The number of hydrogen-bond donors (Lipinski definition) is 0. The molecule has 1 fully saturated rings. The minimum atomic E-state index is -0.232. The van der Waals surface area contributed by atoms with Crippen LogP contribution in [0.15, 0.2) is 11.6 Å². The van der Waals surface area contributed by atoms with Crippen LogP contribution in [0.1, 0.15) is 20.8 Å². The summed E-state index contributed by atoms with van der Waals surface area (Å²) in [6, 6.07) is 0. The first-order valence-electron chi connectivity index (χ1n) is 4.56. The predicted molar refractivity (Wildman–Crippen MR) is 49.3 cm³/mol. The molecule has 1 unspecified atom stereocenters. The fraction of sp³-hybridized carbons (Fsp3) is 0.700. The molecule has 0 aliphatic carbocycles. The molecule has 0 spiro atoms. The number of esters is 1. The van der Waals surface area contributed by atoms with Crippen LogP contribution >= 0.6 is 0 Å². The monoisotopic (exact) mass is 184 g/mol. The van der Waals surface area contributed by atoms with E-state index in [2.05, 4.69) is 0 Å². The summed E-state index contributed by atoms with van der Waals surface area (Å²) in [5, 5.41) is 0. The highest BCUT2D eigenvalue weighted by Gasteiger charge is 2.24. The van der Waals surface area contributed by atoms with Crippen molar-refractivity contribution in [2.75, 3.05) is 13.2 Å². The van der Waals surface area contributed by atoms with Crippen LogP contribution in [0.5, 0.6) is 0 Å². The van der Waals surface area contributed by atoms with E-state index in [1.807, 2.05) is 19.9 Å². The van der Waals surface area contributed by atoms with Crippen molar-refractivity contribution in [1.29, 1.82) is 0 Å². The summed E-state index contributed by atoms with van der Waals surface area (Å²) in [7, 11) is 0. The summed E-state index contributed by atoms with van der Waals surface area (Å²) in [6.45, 7) is 6.94. The van der Waals surface area contributed by atoms with Crippen molar-refractivity contribution < 1.29 is 14.3 Å². The summed E-state index contributed by atoms with van der Waals surface area (Å²) < 4.78 is 9.92. The molecule has 0 bridgehead atoms. The summed E-state index contributed by atoms with van der Waals surface area (Å²) in [5.74, 6) is 0.147. The average Bonchev–Trinajstić information content (AvgIpc) is 2.81. The third kappa shape index (κ3) is 4.08. The minimum absolute atomic E-state index is 0.149. The minimum Gasteiger partial charge on any atom is -0.459 e. The Morgan fingerprint density at radius 1 is 1.69 bits per heavy atom. The first kappa shape index (κ1) is 10.3. The fourth-order valence-corrected chi connectivity index (χ4v) is 1.01. The second-order valence-electron chi connectivity index (χ2n) is 3.65. The lowest BCUT2D eigenvalue weighted by Crippen LogP contribution is -2.11. The van der Waals surface area contributed by atoms with Crippen molar-refractivity contribution in [2.24, 2.45) is 5.92 Å². The van der Waals surface area contributed by atoms with Crippen molar-refractivity contribution in [3.05, 3.63) is 11.6 Å². The normalized spacial score (nSPS) is 21.8. The van der Waals surface area contributed by atoms with Crippen LogP contribution in [0.3, 0.4) is 0 Å². The van der Waals surface area contributed by atoms with Crippen LogP contribution in [0, 0.1) is 5.92 Å². The summed E-state index contributed by atoms with van der Waals surface area (Å²) in [5.41, 5.74) is 0.677. The maximum atomic E-state index is 11.3. The van der Waals surface area contributed by atoms with Gasteiger partial charge in [0.15, 0.2) is 0 Å². The van der Waals surface area contributed by atoms with Gasteiger partial charge >= 0.3 is 5.97 Å². The average molecular weight is 184 g/mol. The molecule has 1 rings (SSSR count). The molecule has 0 amide bonds. The van der Waals surface area contributed by atoms with Crippen LogP contribution in [0.25, 0.3) is 0 Å². The Morgan fingerprint density at radius 2 is 2.31 bits per heavy atom. The van der Waals surface area contributed by atoms with Crippen LogP contribution in [0.2, 0.25) is 0 Å². The molecule has 3 heteroatoms. The van der Waals surface area contributed by atoms with Gasteiger partial charge in [-0.2, -0.15) is 0 Å². The Hall–Kier alpha value is -0.830. The van der Waals surface area contributed by atoms with Gasteiger partial charge in [-0.25, -0.2) is 4.79 Å². The quantitative estimate of drug-likeness (QED) is 0.378. The van der Waals surface area contributed by atoms with Crippen molar-refractivity contribution in [3.8, 4) is 0 Å². The Morgan fingerprint density at radius 3 is 2.77 bits per heavy atom. The molecule has 0 saturated carbocycles. The zero-order chi connectivity index (χ0) is 9.84. The van der Waals surface area contributed by atoms with Crippen molar-refractivity contribution in [3.63, 3.8) is 0 Å². The van der Waals surface area contributed by atoms with Crippen molar-refractivity contribution in [1.82, 2.24) is 0 Å². The number of hydrogen-bond acceptors (Lipinski definition) is 3. The molecule has 0 aromatic rings. The highest BCUT2D eigenvalue weighted by Crippen LogP contribution is 2.10. The first-order valence-corrected chi connectivity index (χ1v) is 4.56. The van der Waals surface area contributed by atoms with E-state index in [0.29, 0.717) is 18.1 Å². The van der Waals surface area contributed by atoms with Gasteiger partial charge in [-0.1, -0.05) is 19.9 Å². The summed E-state index contributed by atoms with van der Waals surface area (Å²) >= 11 is 0. The van der Waals surface area contributed by atoms with E-state index >= 15 is 0 Å². The molecule has 1 atom stereocenters. The van der Waals surface area contributed by atoms with Crippen LogP contribution < -0.4 is 0 Å². The number of epoxide rings is 1. The molecular weight excluding hydrogens is 168 g/mol. The van der Waals surface area contributed by atoms with E-state index in [4.69, 9.17) is 9.47 Å². The third-order valence-electron chi connectivity index (χ3n) is 1.71. The van der Waals surface area contributed by atoms with Gasteiger partial charge in [0.2, 0.25) is 0 Å². The van der Waals surface area contributed by atoms with E-state index in [1.54, 1.807) is 6.92 Å². The standard InChI is InChI=1S/C10H16O3/c1-7(2)4-8(3)10(11)13-6-9-5-12-9/h4,7,9H,5-6H2,1-3H3. The number of carbonyl (C=O) groups excluding carboxylic acids is 1. The van der Waals surface area contributed by atoms with Gasteiger partial charge in [0.05, 0.1) is 6.61 Å². The second-order valence-corrected chi connectivity index (χ2v) is 3.65. The van der Waals surface area contributed by atoms with Crippen molar-refractivity contribution in [2.45, 2.75) is 26.9 Å². The zero-order valence-electron chi connectivity index (χ0n) is 8.37. The number of rotatable bonds is 4. The third-order valence-corrected chi connectivity index (χ3v) is 1.71. The Balaban J connectivity index is 2.27. The Kier molecular flexibility index (Phi) is 3.48. The van der Waals surface area contributed by atoms with Crippen LogP contribution in [0.4, 0.5) is 0 Å². The Labute approximate surface area is 78.7 Å². The summed E-state index contributed by atoms with van der Waals surface area (Å²) in [6.07, 6.45) is 2.05. The first-order chi connectivity index (χ1) is 6.09. The van der Waals surface area contributed by atoms with E-state index in [9.17, 15) is 4.79 Å². The number of carbonyl (C=O) groups is 1. The topological polar surface area (TPSA) is 38.8 Å². The molecule has 0 radical (unpaired) electrons. The van der Waals surface area contributed by atoms with Gasteiger partial charge in [-0.15, -0.1) is 0 Å². The predicted octanol–water partition coefficient (Wildman–Crippen LogP) is 1.53. The zero-order valence-corrected chi connectivity index (χ0v) is 8.37. The van der Waals surface area contributed by atoms with Crippen molar-refractivity contribution >= 4 is 5.97 Å². The maximum Gasteiger partial charge on any atom is 0.333 e. The van der Waals surface area contributed by atoms with Crippen LogP contribution in [-0.4, -0.2) is 25.3 Å². The lowest BCUT2D eigenvalue weighted by atomic mass is 10.1. The fourth-order valence-electron chi connectivity index (χ4n) is 1.01. The summed E-state index contributed by atoms with van der Waals surface area (Å²) in [4.78, 5) is 11.3. The SMILES string of the molecule is CC(=CC(C)C)C(=O)OCC1CO1. The number of allylic oxidation sites excluding steroid dienone is 1. The molecule has 1 saturated heterocycles. The molecule has 74 valence electrons. The van der Waals surface area contributed by atoms with Gasteiger partial charge in [0.25, 0.3) is 0 Å². The lowest BCUT2D eigenvalue weighted by molar-refractivity contribution is -0.139. The molecule has 0 aromatic heterocycles. The van der Waals surface area contributed by atoms with Gasteiger partial charge in [0.1, 0.15) is 12.7 Å². The van der Waals surface area contributed by atoms with Gasteiger partial charge in [-0.05, 0) is 12.8 Å². The second kappa shape index (κ2) is 4.42. The molecule has 1 aliphatic rings.